The molecular weight excluding hydrogens is 574 g/mol. The van der Waals surface area contributed by atoms with Crippen LogP contribution in [0.3, 0.4) is 0 Å². The molecule has 0 unspecified atom stereocenters. The number of ether oxygens (including phenoxy) is 1. The highest BCUT2D eigenvalue weighted by atomic mass is 32.2. The molecule has 0 aliphatic carbocycles. The summed E-state index contributed by atoms with van der Waals surface area (Å²) in [5.41, 5.74) is 2.99. The number of carbonyl (C=O) groups excluding carboxylic acids is 2. The molecule has 0 aromatic heterocycles. The van der Waals surface area contributed by atoms with E-state index in [4.69, 9.17) is 4.74 Å². The highest BCUT2D eigenvalue weighted by Gasteiger charge is 2.34. The van der Waals surface area contributed by atoms with Crippen LogP contribution in [-0.2, 0) is 32.6 Å². The van der Waals surface area contributed by atoms with Gasteiger partial charge in [0.1, 0.15) is 18.3 Å². The van der Waals surface area contributed by atoms with Crippen molar-refractivity contribution in [1.29, 1.82) is 0 Å². The van der Waals surface area contributed by atoms with Crippen molar-refractivity contribution in [2.24, 2.45) is 0 Å². The van der Waals surface area contributed by atoms with Crippen LogP contribution in [0.1, 0.15) is 30.0 Å². The smallest absolute Gasteiger partial charge is 0.264 e. The zero-order valence-electron chi connectivity index (χ0n) is 25.3. The molecule has 4 rings (SSSR count). The first-order chi connectivity index (χ1) is 21.2. The number of nitrogens with one attached hydrogen (secondary N) is 1. The minimum atomic E-state index is -4.18. The van der Waals surface area contributed by atoms with Crippen LogP contribution in [0.15, 0.2) is 114 Å². The van der Waals surface area contributed by atoms with Gasteiger partial charge in [-0.05, 0) is 48.7 Å². The Labute approximate surface area is 260 Å². The average Bonchev–Trinajstić information content (AvgIpc) is 3.04. The lowest BCUT2D eigenvalue weighted by Gasteiger charge is -2.34. The number of anilines is 1. The van der Waals surface area contributed by atoms with E-state index in [1.165, 1.54) is 24.1 Å². The average molecular weight is 614 g/mol. The van der Waals surface area contributed by atoms with Crippen molar-refractivity contribution in [3.05, 3.63) is 126 Å². The van der Waals surface area contributed by atoms with Gasteiger partial charge in [-0.3, -0.25) is 13.9 Å². The van der Waals surface area contributed by atoms with E-state index in [1.807, 2.05) is 68.4 Å². The number of amides is 2. The maximum absolute atomic E-state index is 14.5. The lowest BCUT2D eigenvalue weighted by molar-refractivity contribution is -0.140. The summed E-state index contributed by atoms with van der Waals surface area (Å²) in [6, 6.07) is 30.9. The van der Waals surface area contributed by atoms with Crippen molar-refractivity contribution in [3.8, 4) is 5.75 Å². The van der Waals surface area contributed by atoms with Crippen LogP contribution in [0, 0.1) is 6.92 Å². The summed E-state index contributed by atoms with van der Waals surface area (Å²) < 4.78 is 34.6. The molecule has 0 heterocycles. The van der Waals surface area contributed by atoms with Crippen LogP contribution < -0.4 is 14.4 Å². The van der Waals surface area contributed by atoms with Gasteiger partial charge in [-0.25, -0.2) is 8.42 Å². The zero-order chi connectivity index (χ0) is 31.5. The molecular formula is C35H39N3O5S. The fourth-order valence-electron chi connectivity index (χ4n) is 4.94. The molecule has 0 fully saturated rings. The van der Waals surface area contributed by atoms with Gasteiger partial charge in [0.2, 0.25) is 11.8 Å². The number of hydrogen-bond acceptors (Lipinski definition) is 5. The van der Waals surface area contributed by atoms with Gasteiger partial charge < -0.3 is 15.0 Å². The number of rotatable bonds is 14. The van der Waals surface area contributed by atoms with E-state index in [-0.39, 0.29) is 29.5 Å². The highest BCUT2D eigenvalue weighted by Crippen LogP contribution is 2.28. The van der Waals surface area contributed by atoms with Gasteiger partial charge in [-0.15, -0.1) is 0 Å². The van der Waals surface area contributed by atoms with E-state index in [0.29, 0.717) is 12.3 Å². The lowest BCUT2D eigenvalue weighted by Crippen LogP contribution is -2.53. The van der Waals surface area contributed by atoms with Gasteiger partial charge in [-0.1, -0.05) is 91.3 Å². The Morgan fingerprint density at radius 3 is 2.16 bits per heavy atom. The molecule has 230 valence electrons. The second-order valence-corrected chi connectivity index (χ2v) is 12.4. The normalized spacial score (nSPS) is 11.8. The molecule has 0 radical (unpaired) electrons. The van der Waals surface area contributed by atoms with Crippen molar-refractivity contribution in [2.45, 2.75) is 44.2 Å². The standard InChI is InChI=1S/C35H39N3O5S/c1-4-21-36-35(40)33(23-28-14-7-5-8-15-28)37(25-29-16-11-13-27(2)22-29)34(39)26-38(30-17-12-18-31(24-30)43-3)44(41,42)32-19-9-6-10-20-32/h5-20,22,24,33H,4,21,23,25-26H2,1-3H3,(H,36,40)/t33-/m0/s1. The van der Waals surface area contributed by atoms with Crippen LogP contribution >= 0.6 is 0 Å². The largest absolute Gasteiger partial charge is 0.497 e. The number of nitrogens with zero attached hydrogens (tertiary/aromatic N) is 2. The summed E-state index contributed by atoms with van der Waals surface area (Å²) >= 11 is 0. The highest BCUT2D eigenvalue weighted by molar-refractivity contribution is 7.92. The maximum Gasteiger partial charge on any atom is 0.264 e. The predicted molar refractivity (Wildman–Crippen MR) is 173 cm³/mol. The molecule has 8 nitrogen and oxygen atoms in total. The van der Waals surface area contributed by atoms with Crippen LogP contribution in [0.4, 0.5) is 5.69 Å². The molecule has 44 heavy (non-hydrogen) atoms. The van der Waals surface area contributed by atoms with E-state index in [1.54, 1.807) is 42.5 Å². The second kappa shape index (κ2) is 15.2. The fraction of sp³-hybridized carbons (Fsp3) is 0.257. The SMILES string of the molecule is CCCNC(=O)[C@H](Cc1ccccc1)N(Cc1cccc(C)c1)C(=O)CN(c1cccc(OC)c1)S(=O)(=O)c1ccccc1. The van der Waals surface area contributed by atoms with Crippen molar-refractivity contribution in [2.75, 3.05) is 24.5 Å². The van der Waals surface area contributed by atoms with Crippen LogP contribution in [-0.4, -0.2) is 51.4 Å². The van der Waals surface area contributed by atoms with Crippen LogP contribution in [0.25, 0.3) is 0 Å². The maximum atomic E-state index is 14.5. The summed E-state index contributed by atoms with van der Waals surface area (Å²) in [6.07, 6.45) is 0.993. The Balaban J connectivity index is 1.80. The molecule has 0 saturated heterocycles. The summed E-state index contributed by atoms with van der Waals surface area (Å²) in [5.74, 6) is -0.363. The number of carbonyl (C=O) groups is 2. The number of methoxy groups -OCH3 is 1. The molecule has 0 saturated carbocycles. The number of sulfonamides is 1. The molecule has 0 bridgehead atoms. The Bertz CT molecular complexity index is 1650. The van der Waals surface area contributed by atoms with Gasteiger partial charge in [0.05, 0.1) is 17.7 Å². The summed E-state index contributed by atoms with van der Waals surface area (Å²) in [7, 11) is -2.68. The molecule has 4 aromatic rings. The monoisotopic (exact) mass is 613 g/mol. The molecule has 1 N–H and O–H groups in total. The Hall–Kier alpha value is -4.63. The first-order valence-corrected chi connectivity index (χ1v) is 16.1. The van der Waals surface area contributed by atoms with Gasteiger partial charge >= 0.3 is 0 Å². The van der Waals surface area contributed by atoms with E-state index < -0.39 is 28.5 Å². The summed E-state index contributed by atoms with van der Waals surface area (Å²) in [5, 5.41) is 2.96. The molecule has 2 amide bonds. The topological polar surface area (TPSA) is 96.0 Å². The Morgan fingerprint density at radius 2 is 1.50 bits per heavy atom. The van der Waals surface area contributed by atoms with Crippen molar-refractivity contribution < 1.29 is 22.7 Å². The third-order valence-electron chi connectivity index (χ3n) is 7.21. The quantitative estimate of drug-likeness (QED) is 0.207. The van der Waals surface area contributed by atoms with Gasteiger partial charge in [0.15, 0.2) is 0 Å². The minimum Gasteiger partial charge on any atom is -0.497 e. The molecule has 1 atom stereocenters. The molecule has 4 aromatic carbocycles. The zero-order valence-corrected chi connectivity index (χ0v) is 26.2. The lowest BCUT2D eigenvalue weighted by atomic mass is 10.0. The van der Waals surface area contributed by atoms with Crippen molar-refractivity contribution in [3.63, 3.8) is 0 Å². The first kappa shape index (κ1) is 32.3. The Morgan fingerprint density at radius 1 is 0.841 bits per heavy atom. The summed E-state index contributed by atoms with van der Waals surface area (Å²) in [4.78, 5) is 29.7. The van der Waals surface area contributed by atoms with Gasteiger partial charge in [0, 0.05) is 25.6 Å². The predicted octanol–water partition coefficient (Wildman–Crippen LogP) is 5.37. The fourth-order valence-corrected chi connectivity index (χ4v) is 6.37. The molecule has 0 aliphatic rings. The number of aryl methyl sites for hydroxylation is 1. The second-order valence-electron chi connectivity index (χ2n) is 10.5. The van der Waals surface area contributed by atoms with Crippen molar-refractivity contribution in [1.82, 2.24) is 10.2 Å². The third-order valence-corrected chi connectivity index (χ3v) is 9.00. The number of benzene rings is 4. The Kier molecular flexibility index (Phi) is 11.2. The van der Waals surface area contributed by atoms with E-state index in [9.17, 15) is 18.0 Å². The van der Waals surface area contributed by atoms with E-state index >= 15 is 0 Å². The van der Waals surface area contributed by atoms with Gasteiger partial charge in [0.25, 0.3) is 10.0 Å². The third kappa shape index (κ3) is 8.26. The van der Waals surface area contributed by atoms with Gasteiger partial charge in [-0.2, -0.15) is 0 Å². The van der Waals surface area contributed by atoms with E-state index in [0.717, 1.165) is 27.4 Å². The van der Waals surface area contributed by atoms with Crippen LogP contribution in [0.5, 0.6) is 5.75 Å². The number of hydrogen-bond donors (Lipinski definition) is 1. The molecule has 9 heteroatoms. The summed E-state index contributed by atoms with van der Waals surface area (Å²) in [6.45, 7) is 3.97. The van der Waals surface area contributed by atoms with Crippen molar-refractivity contribution >= 4 is 27.5 Å². The van der Waals surface area contributed by atoms with Crippen LogP contribution in [0.2, 0.25) is 0 Å². The molecule has 0 spiro atoms. The molecule has 0 aliphatic heterocycles. The first-order valence-electron chi connectivity index (χ1n) is 14.6. The van der Waals surface area contributed by atoms with E-state index in [2.05, 4.69) is 5.32 Å². The minimum absolute atomic E-state index is 0.0439.